The van der Waals surface area contributed by atoms with Crippen LogP contribution < -0.4 is 5.32 Å². The minimum absolute atomic E-state index is 0.492. The van der Waals surface area contributed by atoms with Crippen molar-refractivity contribution in [3.8, 4) is 0 Å². The Hall–Kier alpha value is -0.530. The molecule has 16 heavy (non-hydrogen) atoms. The summed E-state index contributed by atoms with van der Waals surface area (Å²) < 4.78 is 0. The van der Waals surface area contributed by atoms with Crippen molar-refractivity contribution in [1.29, 1.82) is 0 Å². The van der Waals surface area contributed by atoms with E-state index in [4.69, 9.17) is 11.6 Å². The minimum atomic E-state index is 0.492. The monoisotopic (exact) mass is 235 g/mol. The zero-order chi connectivity index (χ0) is 11.1. The highest BCUT2D eigenvalue weighted by molar-refractivity contribution is 6.30. The maximum atomic E-state index is 6.06. The first-order valence-corrected chi connectivity index (χ1v) is 6.58. The van der Waals surface area contributed by atoms with Crippen molar-refractivity contribution < 1.29 is 0 Å². The molecule has 0 heterocycles. The number of hydrogen-bond donors (Lipinski definition) is 1. The van der Waals surface area contributed by atoms with Gasteiger partial charge in [-0.25, -0.2) is 0 Å². The largest absolute Gasteiger partial charge is 0.313 e. The second-order valence-corrected chi connectivity index (χ2v) is 5.75. The van der Waals surface area contributed by atoms with Gasteiger partial charge in [-0.05, 0) is 61.8 Å². The van der Waals surface area contributed by atoms with Crippen LogP contribution in [0.25, 0.3) is 0 Å². The maximum Gasteiger partial charge on any atom is 0.0409 e. The zero-order valence-corrected chi connectivity index (χ0v) is 10.4. The molecule has 0 bridgehead atoms. The number of rotatable bonds is 3. The Labute approximate surface area is 102 Å². The van der Waals surface area contributed by atoms with E-state index in [9.17, 15) is 0 Å². The molecule has 86 valence electrons. The Balaban J connectivity index is 1.79. The third kappa shape index (κ3) is 1.87. The number of benzene rings is 1. The first-order chi connectivity index (χ1) is 7.78. The van der Waals surface area contributed by atoms with E-state index >= 15 is 0 Å². The number of halogens is 1. The molecule has 3 atom stereocenters. The molecular weight excluding hydrogens is 218 g/mol. The third-order valence-electron chi connectivity index (χ3n) is 4.27. The fourth-order valence-corrected chi connectivity index (χ4v) is 3.61. The van der Waals surface area contributed by atoms with Crippen LogP contribution in [-0.4, -0.2) is 7.05 Å². The van der Waals surface area contributed by atoms with Gasteiger partial charge in [0.1, 0.15) is 0 Å². The predicted octanol–water partition coefficient (Wildman–Crippen LogP) is 3.65. The smallest absolute Gasteiger partial charge is 0.0409 e. The van der Waals surface area contributed by atoms with Crippen molar-refractivity contribution in [3.05, 3.63) is 34.9 Å². The lowest BCUT2D eigenvalue weighted by molar-refractivity contribution is 0.359. The highest BCUT2D eigenvalue weighted by atomic mass is 35.5. The first kappa shape index (κ1) is 10.6. The molecule has 3 rings (SSSR count). The Morgan fingerprint density at radius 3 is 2.62 bits per heavy atom. The fourth-order valence-electron chi connectivity index (χ4n) is 3.41. The van der Waals surface area contributed by atoms with Gasteiger partial charge in [0, 0.05) is 11.1 Å². The standard InChI is InChI=1S/C14H18ClN/c1-16-14(9-3-2-4-13(15)8-9)12-6-10-5-11(10)7-12/h2-4,8,10-12,14,16H,5-7H2,1H3. The molecule has 2 fully saturated rings. The van der Waals surface area contributed by atoms with Gasteiger partial charge in [-0.2, -0.15) is 0 Å². The van der Waals surface area contributed by atoms with Gasteiger partial charge in [-0.3, -0.25) is 0 Å². The summed E-state index contributed by atoms with van der Waals surface area (Å²) in [6.45, 7) is 0. The Morgan fingerprint density at radius 1 is 1.25 bits per heavy atom. The summed E-state index contributed by atoms with van der Waals surface area (Å²) in [6, 6.07) is 8.79. The highest BCUT2D eigenvalue weighted by Gasteiger charge is 2.47. The average molecular weight is 236 g/mol. The van der Waals surface area contributed by atoms with Crippen molar-refractivity contribution in [2.75, 3.05) is 7.05 Å². The second kappa shape index (κ2) is 4.05. The summed E-state index contributed by atoms with van der Waals surface area (Å²) in [5.74, 6) is 2.90. The van der Waals surface area contributed by atoms with Crippen LogP contribution in [0.15, 0.2) is 24.3 Å². The fraction of sp³-hybridized carbons (Fsp3) is 0.571. The molecule has 2 aliphatic carbocycles. The van der Waals surface area contributed by atoms with Gasteiger partial charge in [0.2, 0.25) is 0 Å². The lowest BCUT2D eigenvalue weighted by atomic mass is 9.89. The van der Waals surface area contributed by atoms with Gasteiger partial charge in [-0.1, -0.05) is 23.7 Å². The zero-order valence-electron chi connectivity index (χ0n) is 9.62. The number of nitrogens with one attached hydrogen (secondary N) is 1. The molecule has 1 aromatic rings. The van der Waals surface area contributed by atoms with E-state index in [1.165, 1.54) is 24.8 Å². The van der Waals surface area contributed by atoms with Crippen molar-refractivity contribution in [2.24, 2.45) is 17.8 Å². The molecule has 0 spiro atoms. The minimum Gasteiger partial charge on any atom is -0.313 e. The molecule has 0 saturated heterocycles. The molecule has 1 N–H and O–H groups in total. The van der Waals surface area contributed by atoms with Crippen molar-refractivity contribution in [1.82, 2.24) is 5.32 Å². The van der Waals surface area contributed by atoms with Crippen molar-refractivity contribution in [3.63, 3.8) is 0 Å². The van der Waals surface area contributed by atoms with E-state index < -0.39 is 0 Å². The summed E-state index contributed by atoms with van der Waals surface area (Å²) in [5, 5.41) is 4.32. The molecule has 3 unspecified atom stereocenters. The van der Waals surface area contributed by atoms with Crippen LogP contribution in [0.4, 0.5) is 0 Å². The van der Waals surface area contributed by atoms with Crippen LogP contribution in [-0.2, 0) is 0 Å². The van der Waals surface area contributed by atoms with E-state index in [1.807, 2.05) is 6.07 Å². The molecule has 0 aliphatic heterocycles. The summed E-state index contributed by atoms with van der Waals surface area (Å²) in [5.41, 5.74) is 1.35. The Morgan fingerprint density at radius 2 is 2.00 bits per heavy atom. The van der Waals surface area contributed by atoms with Crippen LogP contribution in [0.5, 0.6) is 0 Å². The summed E-state index contributed by atoms with van der Waals surface area (Å²) >= 11 is 6.06. The second-order valence-electron chi connectivity index (χ2n) is 5.31. The molecule has 0 radical (unpaired) electrons. The summed E-state index contributed by atoms with van der Waals surface area (Å²) in [6.07, 6.45) is 4.30. The summed E-state index contributed by atoms with van der Waals surface area (Å²) in [4.78, 5) is 0. The lowest BCUT2D eigenvalue weighted by Gasteiger charge is -2.25. The summed E-state index contributed by atoms with van der Waals surface area (Å²) in [7, 11) is 2.06. The van der Waals surface area contributed by atoms with E-state index in [-0.39, 0.29) is 0 Å². The van der Waals surface area contributed by atoms with Crippen LogP contribution in [0.1, 0.15) is 30.9 Å². The molecule has 0 amide bonds. The van der Waals surface area contributed by atoms with Crippen LogP contribution in [0.2, 0.25) is 5.02 Å². The molecule has 2 saturated carbocycles. The van der Waals surface area contributed by atoms with Crippen LogP contribution in [0, 0.1) is 17.8 Å². The lowest BCUT2D eigenvalue weighted by Crippen LogP contribution is -2.24. The normalized spacial score (nSPS) is 33.5. The first-order valence-electron chi connectivity index (χ1n) is 6.20. The average Bonchev–Trinajstić information content (AvgIpc) is 2.88. The van der Waals surface area contributed by atoms with Gasteiger partial charge in [0.15, 0.2) is 0 Å². The van der Waals surface area contributed by atoms with Gasteiger partial charge in [0.25, 0.3) is 0 Å². The molecule has 0 aromatic heterocycles. The van der Waals surface area contributed by atoms with E-state index in [2.05, 4.69) is 30.6 Å². The molecular formula is C14H18ClN. The topological polar surface area (TPSA) is 12.0 Å². The number of hydrogen-bond acceptors (Lipinski definition) is 1. The third-order valence-corrected chi connectivity index (χ3v) is 4.51. The van der Waals surface area contributed by atoms with Crippen LogP contribution in [0.3, 0.4) is 0 Å². The van der Waals surface area contributed by atoms with Crippen LogP contribution >= 0.6 is 11.6 Å². The molecule has 2 heteroatoms. The Bertz CT molecular complexity index is 380. The van der Waals surface area contributed by atoms with Gasteiger partial charge < -0.3 is 5.32 Å². The van der Waals surface area contributed by atoms with Crippen molar-refractivity contribution >= 4 is 11.6 Å². The van der Waals surface area contributed by atoms with E-state index in [0.29, 0.717) is 6.04 Å². The van der Waals surface area contributed by atoms with Gasteiger partial charge >= 0.3 is 0 Å². The highest BCUT2D eigenvalue weighted by Crippen LogP contribution is 2.57. The maximum absolute atomic E-state index is 6.06. The predicted molar refractivity (Wildman–Crippen MR) is 67.6 cm³/mol. The van der Waals surface area contributed by atoms with Gasteiger partial charge in [-0.15, -0.1) is 0 Å². The SMILES string of the molecule is CNC(c1cccc(Cl)c1)C1CC2CC2C1. The quantitative estimate of drug-likeness (QED) is 0.844. The molecule has 2 aliphatic rings. The van der Waals surface area contributed by atoms with Gasteiger partial charge in [0.05, 0.1) is 0 Å². The molecule has 1 nitrogen and oxygen atoms in total. The number of fused-ring (bicyclic) bond motifs is 1. The van der Waals surface area contributed by atoms with E-state index in [0.717, 1.165) is 22.8 Å². The van der Waals surface area contributed by atoms with Crippen molar-refractivity contribution in [2.45, 2.75) is 25.3 Å². The Kier molecular flexibility index (Phi) is 2.68. The van der Waals surface area contributed by atoms with E-state index in [1.54, 1.807) is 0 Å². The molecule has 1 aromatic carbocycles.